The Bertz CT molecular complexity index is 93.8. The molecule has 0 saturated heterocycles. The minimum absolute atomic E-state index is 0.322. The zero-order valence-corrected chi connectivity index (χ0v) is 9.11. The first-order chi connectivity index (χ1) is 5.91. The number of hydrogen-bond donors (Lipinski definition) is 0. The quantitative estimate of drug-likeness (QED) is 0.386. The van der Waals surface area contributed by atoms with Crippen LogP contribution >= 0.6 is 8.46 Å². The van der Waals surface area contributed by atoms with Crippen LogP contribution in [0.3, 0.4) is 0 Å². The fraction of sp³-hybridized carbons (Fsp3) is 1.00. The Morgan fingerprint density at radius 3 is 1.83 bits per heavy atom. The largest absolute Gasteiger partial charge is 0.275 e. The summed E-state index contributed by atoms with van der Waals surface area (Å²) in [4.78, 5) is 0. The molecule has 1 nitrogen and oxygen atoms in total. The van der Waals surface area contributed by atoms with Crippen LogP contribution in [0.5, 0.6) is 0 Å². The smallest absolute Gasteiger partial charge is 0.155 e. The van der Waals surface area contributed by atoms with Gasteiger partial charge in [-0.1, -0.05) is 51.9 Å². The van der Waals surface area contributed by atoms with Gasteiger partial charge in [-0.3, -0.25) is 4.57 Å². The van der Waals surface area contributed by atoms with Gasteiger partial charge < -0.3 is 0 Å². The van der Waals surface area contributed by atoms with Crippen LogP contribution < -0.4 is 0 Å². The first kappa shape index (κ1) is 12.1. The van der Waals surface area contributed by atoms with E-state index in [0.717, 1.165) is 12.6 Å². The van der Waals surface area contributed by atoms with Crippen LogP contribution in [0.1, 0.15) is 58.3 Å². The topological polar surface area (TPSA) is 17.1 Å². The van der Waals surface area contributed by atoms with Crippen molar-refractivity contribution in [3.05, 3.63) is 0 Å². The van der Waals surface area contributed by atoms with Gasteiger partial charge >= 0.3 is 0 Å². The minimum atomic E-state index is 0.322. The van der Waals surface area contributed by atoms with E-state index in [1.807, 2.05) is 0 Å². The van der Waals surface area contributed by atoms with Crippen molar-refractivity contribution in [3.8, 4) is 0 Å². The normalized spacial score (nSPS) is 10.8. The summed E-state index contributed by atoms with van der Waals surface area (Å²) in [7, 11) is 0.322. The molecular weight excluding hydrogens is 167 g/mol. The molecule has 0 bridgehead atoms. The Morgan fingerprint density at radius 1 is 0.833 bits per heavy atom. The molecule has 0 N–H and O–H groups in total. The molecule has 0 aliphatic rings. The lowest BCUT2D eigenvalue weighted by molar-refractivity contribution is 0.578. The maximum absolute atomic E-state index is 10.1. The third kappa shape index (κ3) is 10.1. The molecule has 12 heavy (non-hydrogen) atoms. The van der Waals surface area contributed by atoms with Gasteiger partial charge in [0.2, 0.25) is 0 Å². The molecule has 0 aliphatic carbocycles. The van der Waals surface area contributed by atoms with Gasteiger partial charge in [-0.25, -0.2) is 0 Å². The van der Waals surface area contributed by atoms with Crippen LogP contribution in [-0.4, -0.2) is 6.16 Å². The average Bonchev–Trinajstić information content (AvgIpc) is 2.10. The Kier molecular flexibility index (Phi) is 11.2. The maximum atomic E-state index is 10.1. The zero-order chi connectivity index (χ0) is 9.07. The standard InChI is InChI=1S/C10H21OP/c1-2-3-4-5-6-7-8-9-10-12-11/h2-10H2,1H3. The van der Waals surface area contributed by atoms with Crippen LogP contribution in [0, 0.1) is 0 Å². The highest BCUT2D eigenvalue weighted by Gasteiger charge is 1.90. The van der Waals surface area contributed by atoms with Crippen LogP contribution in [-0.2, 0) is 4.57 Å². The van der Waals surface area contributed by atoms with Gasteiger partial charge in [0.05, 0.1) is 0 Å². The van der Waals surface area contributed by atoms with Gasteiger partial charge in [0, 0.05) is 6.16 Å². The van der Waals surface area contributed by atoms with Gasteiger partial charge in [0.15, 0.2) is 8.46 Å². The van der Waals surface area contributed by atoms with Gasteiger partial charge in [-0.2, -0.15) is 0 Å². The summed E-state index contributed by atoms with van der Waals surface area (Å²) >= 11 is 0. The van der Waals surface area contributed by atoms with Crippen molar-refractivity contribution in [3.63, 3.8) is 0 Å². The SMILES string of the molecule is CCCCCCCCCCP=O. The van der Waals surface area contributed by atoms with E-state index in [2.05, 4.69) is 6.92 Å². The summed E-state index contributed by atoms with van der Waals surface area (Å²) in [6.07, 6.45) is 11.5. The Hall–Kier alpha value is 0.100. The molecule has 0 atom stereocenters. The van der Waals surface area contributed by atoms with Gasteiger partial charge in [-0.15, -0.1) is 0 Å². The summed E-state index contributed by atoms with van der Waals surface area (Å²) < 4.78 is 10.1. The Labute approximate surface area is 78.1 Å². The molecule has 0 unspecified atom stereocenters. The highest BCUT2D eigenvalue weighted by molar-refractivity contribution is 7.23. The molecule has 0 heterocycles. The van der Waals surface area contributed by atoms with Crippen molar-refractivity contribution in [1.82, 2.24) is 0 Å². The summed E-state index contributed by atoms with van der Waals surface area (Å²) in [5, 5.41) is 0. The molecule has 0 aromatic rings. The van der Waals surface area contributed by atoms with E-state index < -0.39 is 0 Å². The highest BCUT2D eigenvalue weighted by Crippen LogP contribution is 2.09. The molecular formula is C10H21OP. The Balaban J connectivity index is 2.77. The van der Waals surface area contributed by atoms with Crippen LogP contribution in [0.15, 0.2) is 0 Å². The monoisotopic (exact) mass is 188 g/mol. The van der Waals surface area contributed by atoms with E-state index in [0.29, 0.717) is 8.46 Å². The molecule has 0 aromatic heterocycles. The van der Waals surface area contributed by atoms with Gasteiger partial charge in [-0.05, 0) is 6.42 Å². The molecule has 0 aromatic carbocycles. The third-order valence-electron chi connectivity index (χ3n) is 2.10. The van der Waals surface area contributed by atoms with Crippen molar-refractivity contribution in [2.24, 2.45) is 0 Å². The lowest BCUT2D eigenvalue weighted by Crippen LogP contribution is -1.80. The molecule has 0 fully saturated rings. The fourth-order valence-corrected chi connectivity index (χ4v) is 1.66. The van der Waals surface area contributed by atoms with Gasteiger partial charge in [0.1, 0.15) is 0 Å². The highest BCUT2D eigenvalue weighted by atomic mass is 31.1. The van der Waals surface area contributed by atoms with E-state index in [4.69, 9.17) is 0 Å². The fourth-order valence-electron chi connectivity index (χ4n) is 1.31. The van der Waals surface area contributed by atoms with Crippen LogP contribution in [0.2, 0.25) is 0 Å². The number of unbranched alkanes of at least 4 members (excludes halogenated alkanes) is 7. The first-order valence-electron chi connectivity index (χ1n) is 5.21. The summed E-state index contributed by atoms with van der Waals surface area (Å²) in [6.45, 7) is 2.24. The van der Waals surface area contributed by atoms with E-state index >= 15 is 0 Å². The molecule has 0 aliphatic heterocycles. The summed E-state index contributed by atoms with van der Waals surface area (Å²) in [5.74, 6) is 0. The van der Waals surface area contributed by atoms with E-state index in [-0.39, 0.29) is 0 Å². The van der Waals surface area contributed by atoms with E-state index in [9.17, 15) is 4.57 Å². The molecule has 2 heteroatoms. The summed E-state index contributed by atoms with van der Waals surface area (Å²) in [5.41, 5.74) is 0. The van der Waals surface area contributed by atoms with E-state index in [1.54, 1.807) is 0 Å². The predicted molar refractivity (Wildman–Crippen MR) is 55.1 cm³/mol. The zero-order valence-electron chi connectivity index (χ0n) is 8.22. The molecule has 0 saturated carbocycles. The predicted octanol–water partition coefficient (Wildman–Crippen LogP) is 4.42. The molecule has 0 rings (SSSR count). The maximum Gasteiger partial charge on any atom is 0.155 e. The number of hydrogen-bond acceptors (Lipinski definition) is 1. The Morgan fingerprint density at radius 2 is 1.33 bits per heavy atom. The average molecular weight is 188 g/mol. The van der Waals surface area contributed by atoms with Crippen molar-refractivity contribution >= 4 is 8.46 Å². The van der Waals surface area contributed by atoms with Crippen LogP contribution in [0.25, 0.3) is 0 Å². The number of rotatable bonds is 9. The first-order valence-corrected chi connectivity index (χ1v) is 6.20. The van der Waals surface area contributed by atoms with Crippen LogP contribution in [0.4, 0.5) is 0 Å². The lowest BCUT2D eigenvalue weighted by atomic mass is 10.1. The lowest BCUT2D eigenvalue weighted by Gasteiger charge is -1.98. The second-order valence-electron chi connectivity index (χ2n) is 3.33. The second-order valence-corrected chi connectivity index (χ2v) is 4.03. The molecule has 0 amide bonds. The van der Waals surface area contributed by atoms with E-state index in [1.165, 1.54) is 44.9 Å². The summed E-state index contributed by atoms with van der Waals surface area (Å²) in [6, 6.07) is 0. The second kappa shape index (κ2) is 11.1. The minimum Gasteiger partial charge on any atom is -0.275 e. The third-order valence-corrected chi connectivity index (χ3v) is 2.60. The molecule has 0 spiro atoms. The van der Waals surface area contributed by atoms with Crippen molar-refractivity contribution in [2.75, 3.05) is 6.16 Å². The van der Waals surface area contributed by atoms with Crippen molar-refractivity contribution in [1.29, 1.82) is 0 Å². The van der Waals surface area contributed by atoms with Crippen molar-refractivity contribution in [2.45, 2.75) is 58.3 Å². The van der Waals surface area contributed by atoms with Gasteiger partial charge in [0.25, 0.3) is 0 Å². The molecule has 0 radical (unpaired) electrons. The molecule has 72 valence electrons. The van der Waals surface area contributed by atoms with Crippen molar-refractivity contribution < 1.29 is 4.57 Å².